The van der Waals surface area contributed by atoms with Crippen molar-refractivity contribution in [1.29, 1.82) is 0 Å². The molecule has 0 amide bonds. The fourth-order valence-electron chi connectivity index (χ4n) is 2.82. The van der Waals surface area contributed by atoms with Gasteiger partial charge in [0.15, 0.2) is 0 Å². The highest BCUT2D eigenvalue weighted by Gasteiger charge is 2.12. The van der Waals surface area contributed by atoms with Gasteiger partial charge in [-0.05, 0) is 43.4 Å². The number of aryl methyl sites for hydroxylation is 2. The minimum absolute atomic E-state index is 0.234. The van der Waals surface area contributed by atoms with Crippen LogP contribution in [0.2, 0.25) is 0 Å². The maximum atomic E-state index is 10.2. The van der Waals surface area contributed by atoms with Gasteiger partial charge in [-0.2, -0.15) is 0 Å². The van der Waals surface area contributed by atoms with Crippen molar-refractivity contribution in [2.75, 3.05) is 0 Å². The van der Waals surface area contributed by atoms with E-state index in [1.165, 1.54) is 50.5 Å². The van der Waals surface area contributed by atoms with Crippen LogP contribution in [-0.4, -0.2) is 16.0 Å². The molecule has 1 rings (SSSR count). The number of aromatic hydroxyl groups is 1. The molecule has 0 aliphatic heterocycles. The third kappa shape index (κ3) is 5.70. The van der Waals surface area contributed by atoms with Crippen molar-refractivity contribution >= 4 is 5.71 Å². The first kappa shape index (κ1) is 18.5. The molecule has 0 bridgehead atoms. The first-order valence-corrected chi connectivity index (χ1v) is 8.67. The lowest BCUT2D eigenvalue weighted by Gasteiger charge is -2.11. The fourth-order valence-corrected chi connectivity index (χ4v) is 2.82. The Balaban J connectivity index is 2.57. The van der Waals surface area contributed by atoms with Crippen molar-refractivity contribution in [1.82, 2.24) is 0 Å². The fraction of sp³-hybridized carbons (Fsp3) is 0.632. The van der Waals surface area contributed by atoms with Crippen molar-refractivity contribution in [2.24, 2.45) is 5.16 Å². The van der Waals surface area contributed by atoms with E-state index in [-0.39, 0.29) is 5.75 Å². The molecule has 0 fully saturated rings. The molecule has 0 unspecified atom stereocenters. The van der Waals surface area contributed by atoms with E-state index in [0.717, 1.165) is 12.0 Å². The van der Waals surface area contributed by atoms with Gasteiger partial charge >= 0.3 is 0 Å². The van der Waals surface area contributed by atoms with Gasteiger partial charge in [0.1, 0.15) is 5.75 Å². The number of rotatable bonds is 10. The number of oxime groups is 1. The van der Waals surface area contributed by atoms with Crippen molar-refractivity contribution in [3.05, 3.63) is 28.8 Å². The van der Waals surface area contributed by atoms with Crippen LogP contribution < -0.4 is 0 Å². The third-order valence-electron chi connectivity index (χ3n) is 4.20. The van der Waals surface area contributed by atoms with Crippen LogP contribution in [0.3, 0.4) is 0 Å². The summed E-state index contributed by atoms with van der Waals surface area (Å²) in [7, 11) is 0. The molecule has 124 valence electrons. The second-order valence-corrected chi connectivity index (χ2v) is 6.08. The maximum absolute atomic E-state index is 10.2. The summed E-state index contributed by atoms with van der Waals surface area (Å²) >= 11 is 0. The lowest BCUT2D eigenvalue weighted by Crippen LogP contribution is -2.02. The summed E-state index contributed by atoms with van der Waals surface area (Å²) in [5.74, 6) is 0.234. The SMILES string of the molecule is CCCCCCCCCc1cc(C)c(O)c(/C(CC)=N/O)c1. The molecular weight excluding hydrogens is 274 g/mol. The molecule has 0 atom stereocenters. The van der Waals surface area contributed by atoms with Crippen molar-refractivity contribution in [3.8, 4) is 5.75 Å². The largest absolute Gasteiger partial charge is 0.507 e. The molecule has 0 radical (unpaired) electrons. The molecule has 3 nitrogen and oxygen atoms in total. The summed E-state index contributed by atoms with van der Waals surface area (Å²) in [5, 5.41) is 22.5. The minimum atomic E-state index is 0.234. The zero-order valence-electron chi connectivity index (χ0n) is 14.4. The Bertz CT molecular complexity index is 481. The van der Waals surface area contributed by atoms with Crippen LogP contribution in [0.4, 0.5) is 0 Å². The molecule has 0 spiro atoms. The van der Waals surface area contributed by atoms with Gasteiger partial charge in [0.25, 0.3) is 0 Å². The standard InChI is InChI=1S/C19H31NO2/c1-4-6-7-8-9-10-11-12-16-13-15(3)19(21)17(14-16)18(5-2)20-22/h13-14,21-22H,4-12H2,1-3H3/b20-18+. The summed E-state index contributed by atoms with van der Waals surface area (Å²) < 4.78 is 0. The lowest BCUT2D eigenvalue weighted by atomic mass is 9.97. The Morgan fingerprint density at radius 3 is 2.23 bits per heavy atom. The predicted octanol–water partition coefficient (Wildman–Crippen LogP) is 5.58. The Morgan fingerprint density at radius 1 is 1.00 bits per heavy atom. The Labute approximate surface area is 135 Å². The average Bonchev–Trinajstić information content (AvgIpc) is 2.52. The van der Waals surface area contributed by atoms with E-state index in [9.17, 15) is 5.11 Å². The van der Waals surface area contributed by atoms with E-state index < -0.39 is 0 Å². The van der Waals surface area contributed by atoms with Crippen molar-refractivity contribution < 1.29 is 10.3 Å². The first-order valence-electron chi connectivity index (χ1n) is 8.67. The monoisotopic (exact) mass is 305 g/mol. The van der Waals surface area contributed by atoms with E-state index in [1.54, 1.807) is 0 Å². The summed E-state index contributed by atoms with van der Waals surface area (Å²) in [6.07, 6.45) is 10.7. The van der Waals surface area contributed by atoms with E-state index >= 15 is 0 Å². The van der Waals surface area contributed by atoms with Gasteiger partial charge in [-0.15, -0.1) is 0 Å². The van der Waals surface area contributed by atoms with Gasteiger partial charge < -0.3 is 10.3 Å². The van der Waals surface area contributed by atoms with Crippen LogP contribution >= 0.6 is 0 Å². The van der Waals surface area contributed by atoms with Crippen LogP contribution in [0.25, 0.3) is 0 Å². The molecule has 0 heterocycles. The number of hydrogen-bond donors (Lipinski definition) is 2. The Hall–Kier alpha value is -1.51. The highest BCUT2D eigenvalue weighted by molar-refractivity contribution is 6.02. The quantitative estimate of drug-likeness (QED) is 0.256. The zero-order chi connectivity index (χ0) is 16.4. The minimum Gasteiger partial charge on any atom is -0.507 e. The molecule has 22 heavy (non-hydrogen) atoms. The van der Waals surface area contributed by atoms with E-state index in [4.69, 9.17) is 5.21 Å². The normalized spacial score (nSPS) is 11.9. The summed E-state index contributed by atoms with van der Waals surface area (Å²) in [5.41, 5.74) is 3.28. The second-order valence-electron chi connectivity index (χ2n) is 6.08. The number of phenolic OH excluding ortho intramolecular Hbond substituents is 1. The number of benzene rings is 1. The van der Waals surface area contributed by atoms with Crippen LogP contribution in [0.15, 0.2) is 17.3 Å². The van der Waals surface area contributed by atoms with Crippen LogP contribution in [0, 0.1) is 6.92 Å². The molecule has 0 saturated carbocycles. The van der Waals surface area contributed by atoms with Gasteiger partial charge in [0, 0.05) is 5.56 Å². The van der Waals surface area contributed by atoms with Crippen molar-refractivity contribution in [2.45, 2.75) is 78.6 Å². The maximum Gasteiger partial charge on any atom is 0.127 e. The summed E-state index contributed by atoms with van der Waals surface area (Å²) in [6, 6.07) is 4.01. The Morgan fingerprint density at radius 2 is 1.64 bits per heavy atom. The smallest absolute Gasteiger partial charge is 0.127 e. The molecule has 1 aromatic rings. The van der Waals surface area contributed by atoms with Gasteiger partial charge in [-0.25, -0.2) is 0 Å². The zero-order valence-corrected chi connectivity index (χ0v) is 14.4. The van der Waals surface area contributed by atoms with Gasteiger partial charge in [-0.1, -0.05) is 63.6 Å². The van der Waals surface area contributed by atoms with E-state index in [1.807, 2.05) is 26.0 Å². The molecule has 0 aromatic heterocycles. The Kier molecular flexibility index (Phi) is 8.64. The van der Waals surface area contributed by atoms with Gasteiger partial charge in [-0.3, -0.25) is 0 Å². The van der Waals surface area contributed by atoms with Gasteiger partial charge in [0.05, 0.1) is 5.71 Å². The second kappa shape index (κ2) is 10.3. The molecule has 2 N–H and O–H groups in total. The van der Waals surface area contributed by atoms with Crippen LogP contribution in [0.1, 0.15) is 81.9 Å². The highest BCUT2D eigenvalue weighted by Crippen LogP contribution is 2.26. The molecule has 0 saturated heterocycles. The molecular formula is C19H31NO2. The predicted molar refractivity (Wildman–Crippen MR) is 93.2 cm³/mol. The average molecular weight is 305 g/mol. The van der Waals surface area contributed by atoms with Crippen LogP contribution in [0.5, 0.6) is 5.75 Å². The number of nitrogens with zero attached hydrogens (tertiary/aromatic N) is 1. The topological polar surface area (TPSA) is 52.8 Å². The molecule has 1 aromatic carbocycles. The number of phenols is 1. The van der Waals surface area contributed by atoms with Crippen molar-refractivity contribution in [3.63, 3.8) is 0 Å². The van der Waals surface area contributed by atoms with Gasteiger partial charge in [0.2, 0.25) is 0 Å². The third-order valence-corrected chi connectivity index (χ3v) is 4.20. The molecule has 3 heteroatoms. The molecule has 0 aliphatic carbocycles. The molecule has 0 aliphatic rings. The number of unbranched alkanes of at least 4 members (excludes halogenated alkanes) is 6. The first-order chi connectivity index (χ1) is 10.6. The van der Waals surface area contributed by atoms with Crippen LogP contribution in [-0.2, 0) is 6.42 Å². The van der Waals surface area contributed by atoms with E-state index in [2.05, 4.69) is 12.1 Å². The number of hydrogen-bond acceptors (Lipinski definition) is 3. The van der Waals surface area contributed by atoms with E-state index in [0.29, 0.717) is 17.7 Å². The summed E-state index contributed by atoms with van der Waals surface area (Å²) in [6.45, 7) is 6.07. The highest BCUT2D eigenvalue weighted by atomic mass is 16.4. The lowest BCUT2D eigenvalue weighted by molar-refractivity contribution is 0.318. The summed E-state index contributed by atoms with van der Waals surface area (Å²) in [4.78, 5) is 0.